The highest BCUT2D eigenvalue weighted by molar-refractivity contribution is 6.30. The Balaban J connectivity index is 2.09. The molecule has 0 unspecified atom stereocenters. The van der Waals surface area contributed by atoms with Crippen LogP contribution in [0.3, 0.4) is 0 Å². The highest BCUT2D eigenvalue weighted by Crippen LogP contribution is 2.20. The zero-order valence-electron chi connectivity index (χ0n) is 12.8. The number of hydrogen-bond acceptors (Lipinski definition) is 4. The summed E-state index contributed by atoms with van der Waals surface area (Å²) in [5.74, 6) is -0.234. The summed E-state index contributed by atoms with van der Waals surface area (Å²) in [5, 5.41) is 12.8. The normalized spacial score (nSPS) is 16.3. The first-order chi connectivity index (χ1) is 10.5. The van der Waals surface area contributed by atoms with Crippen molar-refractivity contribution in [3.8, 4) is 6.07 Å². The van der Waals surface area contributed by atoms with Crippen molar-refractivity contribution >= 4 is 23.2 Å². The smallest absolute Gasteiger partial charge is 0.266 e. The van der Waals surface area contributed by atoms with Gasteiger partial charge in [0.1, 0.15) is 11.6 Å². The number of carbonyl (C=O) groups is 1. The number of nitrogens with one attached hydrogen (secondary N) is 1. The van der Waals surface area contributed by atoms with Crippen LogP contribution in [-0.4, -0.2) is 48.9 Å². The largest absolute Gasteiger partial charge is 0.360 e. The Bertz CT molecular complexity index is 628. The predicted octanol–water partition coefficient (Wildman–Crippen LogP) is 2.24. The summed E-state index contributed by atoms with van der Waals surface area (Å²) in [6.45, 7) is 4.87. The molecule has 2 rings (SSSR count). The molecule has 1 saturated heterocycles. The number of nitriles is 1. The second-order valence-corrected chi connectivity index (χ2v) is 5.81. The number of amides is 1. The fourth-order valence-corrected chi connectivity index (χ4v) is 2.39. The van der Waals surface area contributed by atoms with Gasteiger partial charge in [-0.1, -0.05) is 17.7 Å². The van der Waals surface area contributed by atoms with Gasteiger partial charge in [-0.25, -0.2) is 0 Å². The lowest BCUT2D eigenvalue weighted by Gasteiger charge is -2.32. The molecule has 0 aliphatic carbocycles. The second kappa shape index (κ2) is 7.30. The van der Waals surface area contributed by atoms with Gasteiger partial charge < -0.3 is 15.1 Å². The molecule has 5 nitrogen and oxygen atoms in total. The van der Waals surface area contributed by atoms with Crippen LogP contribution in [0.25, 0.3) is 0 Å². The summed E-state index contributed by atoms with van der Waals surface area (Å²) >= 11 is 5.96. The minimum absolute atomic E-state index is 0.101. The molecule has 0 spiro atoms. The lowest BCUT2D eigenvalue weighted by molar-refractivity contribution is -0.128. The van der Waals surface area contributed by atoms with Crippen LogP contribution in [-0.2, 0) is 4.79 Å². The van der Waals surface area contributed by atoms with Crippen LogP contribution in [0.2, 0.25) is 5.02 Å². The minimum Gasteiger partial charge on any atom is -0.360 e. The molecule has 0 atom stereocenters. The average Bonchev–Trinajstić information content (AvgIpc) is 2.51. The number of carbonyl (C=O) groups excluding carboxylic acids is 1. The van der Waals surface area contributed by atoms with Crippen LogP contribution in [0.15, 0.2) is 30.0 Å². The van der Waals surface area contributed by atoms with Crippen molar-refractivity contribution in [1.29, 1.82) is 5.26 Å². The van der Waals surface area contributed by atoms with Crippen LogP contribution in [0.5, 0.6) is 0 Å². The van der Waals surface area contributed by atoms with Crippen molar-refractivity contribution in [2.24, 2.45) is 0 Å². The molecular weight excluding hydrogens is 300 g/mol. The van der Waals surface area contributed by atoms with Crippen molar-refractivity contribution in [2.45, 2.75) is 6.92 Å². The Labute approximate surface area is 135 Å². The zero-order chi connectivity index (χ0) is 16.1. The van der Waals surface area contributed by atoms with Crippen molar-refractivity contribution in [3.63, 3.8) is 0 Å². The number of hydrogen-bond donors (Lipinski definition) is 1. The van der Waals surface area contributed by atoms with Gasteiger partial charge in [0, 0.05) is 43.1 Å². The van der Waals surface area contributed by atoms with E-state index in [9.17, 15) is 10.1 Å². The summed E-state index contributed by atoms with van der Waals surface area (Å²) in [7, 11) is 2.02. The molecular formula is C16H19ClN4O. The molecule has 1 aromatic carbocycles. The fourth-order valence-electron chi connectivity index (χ4n) is 2.22. The number of anilines is 1. The Hall–Kier alpha value is -2.03. The van der Waals surface area contributed by atoms with Gasteiger partial charge in [0.15, 0.2) is 0 Å². The van der Waals surface area contributed by atoms with E-state index >= 15 is 0 Å². The van der Waals surface area contributed by atoms with Gasteiger partial charge in [-0.05, 0) is 31.7 Å². The van der Waals surface area contributed by atoms with E-state index in [0.717, 1.165) is 24.3 Å². The Morgan fingerprint density at radius 2 is 2.05 bits per heavy atom. The van der Waals surface area contributed by atoms with Gasteiger partial charge in [-0.3, -0.25) is 4.79 Å². The van der Waals surface area contributed by atoms with Gasteiger partial charge in [-0.2, -0.15) is 5.26 Å². The summed E-state index contributed by atoms with van der Waals surface area (Å²) in [6.07, 6.45) is 1.46. The predicted molar refractivity (Wildman–Crippen MR) is 87.6 cm³/mol. The van der Waals surface area contributed by atoms with Crippen LogP contribution in [0.1, 0.15) is 5.56 Å². The van der Waals surface area contributed by atoms with E-state index in [4.69, 9.17) is 11.6 Å². The molecule has 0 bridgehead atoms. The number of nitrogens with zero attached hydrogens (tertiary/aromatic N) is 3. The van der Waals surface area contributed by atoms with E-state index in [0.29, 0.717) is 18.1 Å². The van der Waals surface area contributed by atoms with Gasteiger partial charge in [0.25, 0.3) is 5.91 Å². The molecule has 0 aromatic heterocycles. The SMILES string of the molecule is Cc1ccc(Cl)cc1N/C=C(/C#N)C(=O)N1CCN(C)CC1. The first-order valence-corrected chi connectivity index (χ1v) is 7.50. The molecule has 6 heteroatoms. The maximum absolute atomic E-state index is 12.4. The quantitative estimate of drug-likeness (QED) is 0.686. The average molecular weight is 319 g/mol. The van der Waals surface area contributed by atoms with Gasteiger partial charge in [0.2, 0.25) is 0 Å². The van der Waals surface area contributed by atoms with Crippen molar-refractivity contribution in [1.82, 2.24) is 9.80 Å². The molecule has 1 amide bonds. The number of aryl methyl sites for hydroxylation is 1. The Kier molecular flexibility index (Phi) is 5.42. The van der Waals surface area contributed by atoms with E-state index in [1.165, 1.54) is 6.20 Å². The lowest BCUT2D eigenvalue weighted by Crippen LogP contribution is -2.47. The second-order valence-electron chi connectivity index (χ2n) is 5.37. The third-order valence-corrected chi connectivity index (χ3v) is 3.95. The molecule has 1 aromatic rings. The van der Waals surface area contributed by atoms with E-state index < -0.39 is 0 Å². The number of rotatable bonds is 3. The molecule has 1 aliphatic rings. The standard InChI is InChI=1S/C16H19ClN4O/c1-12-3-4-14(17)9-15(12)19-11-13(10-18)16(22)21-7-5-20(2)6-8-21/h3-4,9,11,19H,5-8H2,1-2H3/b13-11-. The highest BCUT2D eigenvalue weighted by Gasteiger charge is 2.22. The molecule has 1 aliphatic heterocycles. The molecule has 1 heterocycles. The molecule has 1 fully saturated rings. The maximum Gasteiger partial charge on any atom is 0.266 e. The molecule has 22 heavy (non-hydrogen) atoms. The number of benzene rings is 1. The molecule has 0 radical (unpaired) electrons. The lowest BCUT2D eigenvalue weighted by atomic mass is 10.2. The van der Waals surface area contributed by atoms with Crippen molar-refractivity contribution in [2.75, 3.05) is 38.5 Å². The summed E-state index contributed by atoms with van der Waals surface area (Å²) in [6, 6.07) is 7.42. The van der Waals surface area contributed by atoms with E-state index in [2.05, 4.69) is 10.2 Å². The molecule has 0 saturated carbocycles. The van der Waals surface area contributed by atoms with Crippen LogP contribution < -0.4 is 5.32 Å². The number of piperazine rings is 1. The fraction of sp³-hybridized carbons (Fsp3) is 0.375. The number of likely N-dealkylation sites (N-methyl/N-ethyl adjacent to an activating group) is 1. The molecule has 1 N–H and O–H groups in total. The van der Waals surface area contributed by atoms with Gasteiger partial charge in [0.05, 0.1) is 0 Å². The first-order valence-electron chi connectivity index (χ1n) is 7.12. The first kappa shape index (κ1) is 16.3. The highest BCUT2D eigenvalue weighted by atomic mass is 35.5. The third kappa shape index (κ3) is 4.00. The Morgan fingerprint density at radius 1 is 1.36 bits per heavy atom. The van der Waals surface area contributed by atoms with Gasteiger partial charge >= 0.3 is 0 Å². The topological polar surface area (TPSA) is 59.4 Å². The summed E-state index contributed by atoms with van der Waals surface area (Å²) in [5.41, 5.74) is 1.88. The minimum atomic E-state index is -0.234. The molecule has 116 valence electrons. The van der Waals surface area contributed by atoms with E-state index in [1.54, 1.807) is 17.0 Å². The maximum atomic E-state index is 12.4. The van der Waals surface area contributed by atoms with Crippen LogP contribution in [0.4, 0.5) is 5.69 Å². The number of halogens is 1. The van der Waals surface area contributed by atoms with E-state index in [-0.39, 0.29) is 11.5 Å². The van der Waals surface area contributed by atoms with E-state index in [1.807, 2.05) is 26.1 Å². The third-order valence-electron chi connectivity index (χ3n) is 3.71. The van der Waals surface area contributed by atoms with Crippen molar-refractivity contribution in [3.05, 3.63) is 40.6 Å². The van der Waals surface area contributed by atoms with Crippen LogP contribution >= 0.6 is 11.6 Å². The van der Waals surface area contributed by atoms with Crippen molar-refractivity contribution < 1.29 is 4.79 Å². The van der Waals surface area contributed by atoms with Crippen LogP contribution in [0, 0.1) is 18.3 Å². The summed E-state index contributed by atoms with van der Waals surface area (Å²) in [4.78, 5) is 16.2. The Morgan fingerprint density at radius 3 is 2.68 bits per heavy atom. The van der Waals surface area contributed by atoms with Gasteiger partial charge in [-0.15, -0.1) is 0 Å². The zero-order valence-corrected chi connectivity index (χ0v) is 13.5. The monoisotopic (exact) mass is 318 g/mol. The summed E-state index contributed by atoms with van der Waals surface area (Å²) < 4.78 is 0.